The van der Waals surface area contributed by atoms with Crippen molar-refractivity contribution in [2.24, 2.45) is 0 Å². The number of esters is 1. The van der Waals surface area contributed by atoms with E-state index in [0.717, 1.165) is 11.1 Å². The highest BCUT2D eigenvalue weighted by molar-refractivity contribution is 7.99. The van der Waals surface area contributed by atoms with Gasteiger partial charge in [-0.1, -0.05) is 41.4 Å². The van der Waals surface area contributed by atoms with Crippen molar-refractivity contribution in [3.05, 3.63) is 69.2 Å². The van der Waals surface area contributed by atoms with Crippen LogP contribution in [0.5, 0.6) is 0 Å². The minimum atomic E-state index is -0.382. The minimum Gasteiger partial charge on any atom is -0.465 e. The topological polar surface area (TPSA) is 55.4 Å². The molecule has 0 radical (unpaired) electrons. The van der Waals surface area contributed by atoms with Crippen molar-refractivity contribution in [1.29, 1.82) is 0 Å². The van der Waals surface area contributed by atoms with E-state index in [1.807, 2.05) is 6.07 Å². The van der Waals surface area contributed by atoms with Gasteiger partial charge in [0, 0.05) is 22.3 Å². The Bertz CT molecular complexity index is 750. The zero-order valence-electron chi connectivity index (χ0n) is 13.6. The molecular formula is C18H17Cl2NO3S. The summed E-state index contributed by atoms with van der Waals surface area (Å²) in [7, 11) is 1.34. The molecule has 1 N–H and O–H groups in total. The number of nitrogens with one attached hydrogen (secondary N) is 1. The molecule has 0 aliphatic rings. The molecule has 0 fully saturated rings. The predicted molar refractivity (Wildman–Crippen MR) is 102 cm³/mol. The fourth-order valence-corrected chi connectivity index (χ4v) is 3.44. The number of hydrogen-bond donors (Lipinski definition) is 1. The normalized spacial score (nSPS) is 10.4. The highest BCUT2D eigenvalue weighted by Gasteiger charge is 2.07. The first-order valence-electron chi connectivity index (χ1n) is 7.45. The Kier molecular flexibility index (Phi) is 7.62. The first kappa shape index (κ1) is 19.6. The van der Waals surface area contributed by atoms with Gasteiger partial charge in [0.1, 0.15) is 0 Å². The Morgan fingerprint density at radius 1 is 1.12 bits per heavy atom. The lowest BCUT2D eigenvalue weighted by molar-refractivity contribution is -0.118. The van der Waals surface area contributed by atoms with Gasteiger partial charge >= 0.3 is 5.97 Å². The van der Waals surface area contributed by atoms with Gasteiger partial charge in [-0.3, -0.25) is 4.79 Å². The van der Waals surface area contributed by atoms with E-state index in [4.69, 9.17) is 23.2 Å². The lowest BCUT2D eigenvalue weighted by atomic mass is 10.1. The molecule has 1 amide bonds. The second-order valence-corrected chi connectivity index (χ2v) is 7.02. The number of carbonyl (C=O) groups excluding carboxylic acids is 2. The Morgan fingerprint density at radius 3 is 2.48 bits per heavy atom. The Labute approximate surface area is 160 Å². The molecular weight excluding hydrogens is 381 g/mol. The van der Waals surface area contributed by atoms with Crippen LogP contribution in [0.25, 0.3) is 0 Å². The standard InChI is InChI=1S/C18H17Cl2NO3S/c1-24-18(23)13-4-2-12(3-5-13)9-21-17(22)11-25-10-14-6-7-15(19)8-16(14)20/h2-8H,9-11H2,1H3,(H,21,22). The van der Waals surface area contributed by atoms with Crippen molar-refractivity contribution in [1.82, 2.24) is 5.32 Å². The van der Waals surface area contributed by atoms with E-state index < -0.39 is 0 Å². The predicted octanol–water partition coefficient (Wildman–Crippen LogP) is 4.33. The van der Waals surface area contributed by atoms with Crippen molar-refractivity contribution in [2.75, 3.05) is 12.9 Å². The van der Waals surface area contributed by atoms with Crippen molar-refractivity contribution in [3.63, 3.8) is 0 Å². The largest absolute Gasteiger partial charge is 0.465 e. The van der Waals surface area contributed by atoms with Crippen LogP contribution in [-0.4, -0.2) is 24.7 Å². The highest BCUT2D eigenvalue weighted by Crippen LogP contribution is 2.24. The van der Waals surface area contributed by atoms with Crippen LogP contribution >= 0.6 is 35.0 Å². The number of rotatable bonds is 7. The molecule has 0 aliphatic heterocycles. The summed E-state index contributed by atoms with van der Waals surface area (Å²) in [5, 5.41) is 4.04. The van der Waals surface area contributed by atoms with E-state index in [-0.39, 0.29) is 11.9 Å². The highest BCUT2D eigenvalue weighted by atomic mass is 35.5. The molecule has 0 heterocycles. The molecule has 0 spiro atoms. The van der Waals surface area contributed by atoms with Gasteiger partial charge < -0.3 is 10.1 Å². The zero-order valence-corrected chi connectivity index (χ0v) is 15.9. The first-order chi connectivity index (χ1) is 12.0. The number of carbonyl (C=O) groups is 2. The molecule has 0 aliphatic carbocycles. The number of thioether (sulfide) groups is 1. The molecule has 7 heteroatoms. The summed E-state index contributed by atoms with van der Waals surface area (Å²) in [6, 6.07) is 12.2. The summed E-state index contributed by atoms with van der Waals surface area (Å²) in [5.74, 6) is 0.524. The number of methoxy groups -OCH3 is 1. The fourth-order valence-electron chi connectivity index (χ4n) is 2.02. The van der Waals surface area contributed by atoms with Gasteiger partial charge in [-0.05, 0) is 35.4 Å². The first-order valence-corrected chi connectivity index (χ1v) is 9.36. The zero-order chi connectivity index (χ0) is 18.2. The van der Waals surface area contributed by atoms with Crippen LogP contribution in [0.4, 0.5) is 0 Å². The molecule has 0 atom stereocenters. The van der Waals surface area contributed by atoms with Crippen LogP contribution in [0.2, 0.25) is 10.0 Å². The number of halogens is 2. The van der Waals surface area contributed by atoms with Gasteiger partial charge in [0.15, 0.2) is 0 Å². The average molecular weight is 398 g/mol. The molecule has 2 aromatic rings. The molecule has 0 aromatic heterocycles. The third-order valence-corrected chi connectivity index (χ3v) is 4.94. The number of benzene rings is 2. The molecule has 4 nitrogen and oxygen atoms in total. The third-order valence-electron chi connectivity index (χ3n) is 3.37. The third kappa shape index (κ3) is 6.27. The van der Waals surface area contributed by atoms with E-state index >= 15 is 0 Å². The molecule has 25 heavy (non-hydrogen) atoms. The van der Waals surface area contributed by atoms with Crippen LogP contribution in [0.1, 0.15) is 21.5 Å². The fraction of sp³-hybridized carbons (Fsp3) is 0.222. The molecule has 0 bridgehead atoms. The lowest BCUT2D eigenvalue weighted by Gasteiger charge is -2.07. The molecule has 0 saturated heterocycles. The average Bonchev–Trinajstić information content (AvgIpc) is 2.61. The van der Waals surface area contributed by atoms with E-state index in [2.05, 4.69) is 10.1 Å². The summed E-state index contributed by atoms with van der Waals surface area (Å²) in [4.78, 5) is 23.3. The minimum absolute atomic E-state index is 0.0628. The summed E-state index contributed by atoms with van der Waals surface area (Å²) in [6.45, 7) is 0.405. The summed E-state index contributed by atoms with van der Waals surface area (Å²) < 4.78 is 4.64. The van der Waals surface area contributed by atoms with E-state index in [1.165, 1.54) is 18.9 Å². The van der Waals surface area contributed by atoms with Crippen LogP contribution in [0.3, 0.4) is 0 Å². The smallest absolute Gasteiger partial charge is 0.337 e. The Morgan fingerprint density at radius 2 is 1.84 bits per heavy atom. The van der Waals surface area contributed by atoms with Crippen LogP contribution in [0, 0.1) is 0 Å². The van der Waals surface area contributed by atoms with Gasteiger partial charge in [-0.15, -0.1) is 11.8 Å². The van der Waals surface area contributed by atoms with E-state index in [9.17, 15) is 9.59 Å². The lowest BCUT2D eigenvalue weighted by Crippen LogP contribution is -2.24. The Hall–Kier alpha value is -1.69. The monoisotopic (exact) mass is 397 g/mol. The van der Waals surface area contributed by atoms with Gasteiger partial charge in [0.25, 0.3) is 0 Å². The van der Waals surface area contributed by atoms with Crippen molar-refractivity contribution < 1.29 is 14.3 Å². The van der Waals surface area contributed by atoms with Crippen molar-refractivity contribution in [2.45, 2.75) is 12.3 Å². The summed E-state index contributed by atoms with van der Waals surface area (Å²) >= 11 is 13.4. The summed E-state index contributed by atoms with van der Waals surface area (Å²) in [5.41, 5.74) is 2.34. The molecule has 2 aromatic carbocycles. The van der Waals surface area contributed by atoms with Crippen LogP contribution in [0.15, 0.2) is 42.5 Å². The van der Waals surface area contributed by atoms with Gasteiger partial charge in [0.2, 0.25) is 5.91 Å². The van der Waals surface area contributed by atoms with Gasteiger partial charge in [0.05, 0.1) is 18.4 Å². The quantitative estimate of drug-likeness (QED) is 0.706. The molecule has 2 rings (SSSR count). The maximum absolute atomic E-state index is 11.9. The number of ether oxygens (including phenoxy) is 1. The summed E-state index contributed by atoms with van der Waals surface area (Å²) in [6.07, 6.45) is 0. The molecule has 0 unspecified atom stereocenters. The SMILES string of the molecule is COC(=O)c1ccc(CNC(=O)CSCc2ccc(Cl)cc2Cl)cc1. The van der Waals surface area contributed by atoms with Crippen molar-refractivity contribution >= 4 is 46.8 Å². The van der Waals surface area contributed by atoms with Crippen LogP contribution < -0.4 is 5.32 Å². The molecule has 132 valence electrons. The maximum atomic E-state index is 11.9. The number of amides is 1. The van der Waals surface area contributed by atoms with Crippen molar-refractivity contribution in [3.8, 4) is 0 Å². The van der Waals surface area contributed by atoms with E-state index in [0.29, 0.717) is 33.7 Å². The van der Waals surface area contributed by atoms with Gasteiger partial charge in [-0.25, -0.2) is 4.79 Å². The van der Waals surface area contributed by atoms with E-state index in [1.54, 1.807) is 36.4 Å². The van der Waals surface area contributed by atoms with Crippen LogP contribution in [-0.2, 0) is 21.8 Å². The maximum Gasteiger partial charge on any atom is 0.337 e. The van der Waals surface area contributed by atoms with Gasteiger partial charge in [-0.2, -0.15) is 0 Å². The molecule has 0 saturated carbocycles. The Balaban J connectivity index is 1.74. The second-order valence-electron chi connectivity index (χ2n) is 5.19. The second kappa shape index (κ2) is 9.70. The number of hydrogen-bond acceptors (Lipinski definition) is 4.